The molecule has 0 spiro atoms. The molecular weight excluding hydrogens is 268 g/mol. The van der Waals surface area contributed by atoms with E-state index in [1.807, 2.05) is 0 Å². The van der Waals surface area contributed by atoms with Crippen LogP contribution in [0.4, 0.5) is 0 Å². The summed E-state index contributed by atoms with van der Waals surface area (Å²) in [6.07, 6.45) is 12.7. The van der Waals surface area contributed by atoms with Gasteiger partial charge in [0.2, 0.25) is 0 Å². The van der Waals surface area contributed by atoms with Gasteiger partial charge in [0.05, 0.1) is 0 Å². The van der Waals surface area contributed by atoms with Crippen molar-refractivity contribution in [1.82, 2.24) is 9.47 Å². The van der Waals surface area contributed by atoms with Crippen molar-refractivity contribution >= 4 is 0 Å². The number of nitrogens with zero attached hydrogens (tertiary/aromatic N) is 2. The fourth-order valence-corrected chi connectivity index (χ4v) is 4.90. The van der Waals surface area contributed by atoms with Crippen molar-refractivity contribution in [2.75, 3.05) is 13.1 Å². The summed E-state index contributed by atoms with van der Waals surface area (Å²) in [6, 6.07) is 5.28. The second kappa shape index (κ2) is 6.78. The first-order chi connectivity index (χ1) is 10.6. The molecule has 0 amide bonds. The van der Waals surface area contributed by atoms with E-state index in [1.165, 1.54) is 82.3 Å². The van der Waals surface area contributed by atoms with Gasteiger partial charge in [0.1, 0.15) is 0 Å². The third kappa shape index (κ3) is 3.27. The van der Waals surface area contributed by atoms with Gasteiger partial charge in [0.25, 0.3) is 0 Å². The second-order valence-corrected chi connectivity index (χ2v) is 7.97. The van der Waals surface area contributed by atoms with Gasteiger partial charge in [0.15, 0.2) is 0 Å². The highest BCUT2D eigenvalue weighted by Crippen LogP contribution is 2.36. The van der Waals surface area contributed by atoms with E-state index in [-0.39, 0.29) is 0 Å². The Kier molecular flexibility index (Phi) is 4.97. The van der Waals surface area contributed by atoms with Gasteiger partial charge in [-0.3, -0.25) is 4.90 Å². The first-order valence-corrected chi connectivity index (χ1v) is 9.50. The van der Waals surface area contributed by atoms with Crippen LogP contribution in [-0.4, -0.2) is 28.1 Å². The van der Waals surface area contributed by atoms with Gasteiger partial charge >= 0.3 is 0 Å². The Morgan fingerprint density at radius 2 is 1.36 bits per heavy atom. The Bertz CT molecular complexity index is 452. The molecule has 2 fully saturated rings. The number of hydrogen-bond donors (Lipinski definition) is 0. The summed E-state index contributed by atoms with van der Waals surface area (Å²) in [5, 5.41) is 0. The van der Waals surface area contributed by atoms with Crippen LogP contribution >= 0.6 is 0 Å². The zero-order chi connectivity index (χ0) is 15.6. The van der Waals surface area contributed by atoms with E-state index in [0.29, 0.717) is 5.54 Å². The summed E-state index contributed by atoms with van der Waals surface area (Å²) < 4.78 is 2.58. The quantitative estimate of drug-likeness (QED) is 0.725. The number of likely N-dealkylation sites (tertiary alicyclic amines) is 1. The van der Waals surface area contributed by atoms with Crippen LogP contribution in [0.5, 0.6) is 0 Å². The molecule has 0 aromatic carbocycles. The van der Waals surface area contributed by atoms with E-state index in [2.05, 4.69) is 42.4 Å². The molecule has 1 aromatic heterocycles. The number of aromatic nitrogens is 1. The Hall–Kier alpha value is -0.760. The smallest absolute Gasteiger partial charge is 0.0360 e. The van der Waals surface area contributed by atoms with Crippen LogP contribution in [0.15, 0.2) is 12.1 Å². The van der Waals surface area contributed by atoms with Gasteiger partial charge in [-0.05, 0) is 58.6 Å². The minimum Gasteiger partial charge on any atom is -0.346 e. The first-order valence-electron chi connectivity index (χ1n) is 9.50. The molecule has 2 aliphatic rings. The topological polar surface area (TPSA) is 8.17 Å². The molecule has 1 saturated carbocycles. The minimum absolute atomic E-state index is 0.478. The molecule has 0 unspecified atom stereocenters. The van der Waals surface area contributed by atoms with Gasteiger partial charge in [-0.15, -0.1) is 0 Å². The minimum atomic E-state index is 0.478. The maximum atomic E-state index is 2.84. The lowest BCUT2D eigenvalue weighted by molar-refractivity contribution is 0.0432. The largest absolute Gasteiger partial charge is 0.346 e. The molecule has 2 heteroatoms. The van der Waals surface area contributed by atoms with Crippen molar-refractivity contribution in [3.63, 3.8) is 0 Å². The Morgan fingerprint density at radius 1 is 0.864 bits per heavy atom. The number of rotatable bonds is 2. The molecule has 1 aliphatic heterocycles. The molecule has 124 valence electrons. The molecule has 1 aromatic rings. The van der Waals surface area contributed by atoms with Crippen LogP contribution in [0.1, 0.15) is 82.1 Å². The number of piperidine rings is 1. The Balaban J connectivity index is 1.63. The van der Waals surface area contributed by atoms with E-state index < -0.39 is 0 Å². The molecule has 0 bridgehead atoms. The monoisotopic (exact) mass is 302 g/mol. The van der Waals surface area contributed by atoms with Crippen LogP contribution in [0.25, 0.3) is 0 Å². The fourth-order valence-electron chi connectivity index (χ4n) is 4.90. The van der Waals surface area contributed by atoms with Crippen LogP contribution in [0.3, 0.4) is 0 Å². The Morgan fingerprint density at radius 3 is 1.91 bits per heavy atom. The van der Waals surface area contributed by atoms with Gasteiger partial charge < -0.3 is 4.57 Å². The molecule has 2 nitrogen and oxygen atoms in total. The van der Waals surface area contributed by atoms with Gasteiger partial charge in [-0.25, -0.2) is 0 Å². The van der Waals surface area contributed by atoms with Crippen molar-refractivity contribution in [2.24, 2.45) is 0 Å². The number of hydrogen-bond acceptors (Lipinski definition) is 1. The summed E-state index contributed by atoms with van der Waals surface area (Å²) in [5.41, 5.74) is 3.35. The lowest BCUT2D eigenvalue weighted by atomic mass is 9.82. The summed E-state index contributed by atoms with van der Waals surface area (Å²) in [4.78, 5) is 2.84. The zero-order valence-corrected chi connectivity index (χ0v) is 14.9. The third-order valence-electron chi connectivity index (χ3n) is 6.35. The van der Waals surface area contributed by atoms with Crippen molar-refractivity contribution in [2.45, 2.75) is 90.1 Å². The highest BCUT2D eigenvalue weighted by Gasteiger charge is 2.34. The van der Waals surface area contributed by atoms with Crippen LogP contribution in [-0.2, 0) is 0 Å². The summed E-state index contributed by atoms with van der Waals surface area (Å²) in [5.74, 6) is 0. The van der Waals surface area contributed by atoms with E-state index >= 15 is 0 Å². The fraction of sp³-hybridized carbons (Fsp3) is 0.800. The van der Waals surface area contributed by atoms with E-state index in [4.69, 9.17) is 0 Å². The first kappa shape index (κ1) is 16.1. The van der Waals surface area contributed by atoms with Crippen LogP contribution in [0.2, 0.25) is 0 Å². The van der Waals surface area contributed by atoms with Gasteiger partial charge in [0, 0.05) is 36.1 Å². The highest BCUT2D eigenvalue weighted by molar-refractivity contribution is 5.15. The van der Waals surface area contributed by atoms with E-state index in [0.717, 1.165) is 6.04 Å². The van der Waals surface area contributed by atoms with Crippen molar-refractivity contribution < 1.29 is 0 Å². The predicted octanol–water partition coefficient (Wildman–Crippen LogP) is 5.24. The second-order valence-electron chi connectivity index (χ2n) is 7.97. The summed E-state index contributed by atoms with van der Waals surface area (Å²) >= 11 is 0. The Labute approximate surface area is 136 Å². The average molecular weight is 303 g/mol. The maximum Gasteiger partial charge on any atom is 0.0360 e. The van der Waals surface area contributed by atoms with Crippen LogP contribution in [0, 0.1) is 13.8 Å². The average Bonchev–Trinajstić information content (AvgIpc) is 2.83. The lowest BCUT2D eigenvalue weighted by Crippen LogP contribution is -2.50. The molecule has 0 atom stereocenters. The maximum absolute atomic E-state index is 2.84. The summed E-state index contributed by atoms with van der Waals surface area (Å²) in [6.45, 7) is 9.65. The van der Waals surface area contributed by atoms with Crippen LogP contribution < -0.4 is 0 Å². The van der Waals surface area contributed by atoms with Crippen molar-refractivity contribution in [1.29, 1.82) is 0 Å². The molecule has 3 rings (SSSR count). The molecule has 1 saturated heterocycles. The predicted molar refractivity (Wildman–Crippen MR) is 94.5 cm³/mol. The third-order valence-corrected chi connectivity index (χ3v) is 6.35. The molecule has 0 N–H and O–H groups in total. The SMILES string of the molecule is Cc1ccc(C)n1C1CCN(C2(C)CCCCCCC2)CC1. The molecule has 1 aliphatic carbocycles. The normalized spacial score (nSPS) is 24.9. The van der Waals surface area contributed by atoms with E-state index in [1.54, 1.807) is 0 Å². The van der Waals surface area contributed by atoms with Gasteiger partial charge in [-0.1, -0.05) is 32.1 Å². The lowest BCUT2D eigenvalue weighted by Gasteiger charge is -2.46. The number of aryl methyl sites for hydroxylation is 2. The highest BCUT2D eigenvalue weighted by atomic mass is 15.2. The standard InChI is InChI=1S/C20H34N2/c1-17-9-10-18(2)22(17)19-11-15-21(16-12-19)20(3)13-7-5-4-6-8-14-20/h9-10,19H,4-8,11-16H2,1-3H3. The van der Waals surface area contributed by atoms with Crippen molar-refractivity contribution in [3.8, 4) is 0 Å². The molecule has 22 heavy (non-hydrogen) atoms. The molecule has 2 heterocycles. The molecule has 0 radical (unpaired) electrons. The summed E-state index contributed by atoms with van der Waals surface area (Å²) in [7, 11) is 0. The van der Waals surface area contributed by atoms with E-state index in [9.17, 15) is 0 Å². The van der Waals surface area contributed by atoms with Crippen molar-refractivity contribution in [3.05, 3.63) is 23.5 Å². The van der Waals surface area contributed by atoms with Gasteiger partial charge in [-0.2, -0.15) is 0 Å². The zero-order valence-electron chi connectivity index (χ0n) is 14.9. The molecular formula is C20H34N2.